The lowest BCUT2D eigenvalue weighted by Gasteiger charge is -2.34. The van der Waals surface area contributed by atoms with Crippen LogP contribution in [-0.2, 0) is 16.0 Å². The van der Waals surface area contributed by atoms with Crippen LogP contribution in [0.2, 0.25) is 0 Å². The quantitative estimate of drug-likeness (QED) is 0.314. The lowest BCUT2D eigenvalue weighted by molar-refractivity contribution is -0.129. The van der Waals surface area contributed by atoms with Crippen molar-refractivity contribution in [2.24, 2.45) is 17.8 Å². The van der Waals surface area contributed by atoms with Crippen molar-refractivity contribution in [3.05, 3.63) is 34.4 Å². The van der Waals surface area contributed by atoms with Gasteiger partial charge in [0.25, 0.3) is 0 Å². The van der Waals surface area contributed by atoms with Crippen LogP contribution in [0.25, 0.3) is 0 Å². The second-order valence-electron chi connectivity index (χ2n) is 11.2. The number of benzene rings is 1. The molecule has 35 heavy (non-hydrogen) atoms. The van der Waals surface area contributed by atoms with Crippen LogP contribution in [0.15, 0.2) is 12.1 Å². The fourth-order valence-electron chi connectivity index (χ4n) is 6.56. The Morgan fingerprint density at radius 1 is 1.00 bits per heavy atom. The van der Waals surface area contributed by atoms with Gasteiger partial charge in [-0.2, -0.15) is 0 Å². The van der Waals surface area contributed by atoms with E-state index in [0.29, 0.717) is 24.0 Å². The van der Waals surface area contributed by atoms with E-state index >= 15 is 0 Å². The minimum Gasteiger partial charge on any atom is -0.300 e. The van der Waals surface area contributed by atoms with Gasteiger partial charge in [-0.25, -0.2) is 0 Å². The molecule has 0 N–H and O–H groups in total. The van der Waals surface area contributed by atoms with E-state index in [9.17, 15) is 14.4 Å². The Bertz CT molecular complexity index is 847. The first-order chi connectivity index (χ1) is 16.8. The predicted molar refractivity (Wildman–Crippen MR) is 146 cm³/mol. The summed E-state index contributed by atoms with van der Waals surface area (Å²) in [7, 11) is 0. The summed E-state index contributed by atoms with van der Waals surface area (Å²) in [4.78, 5) is 37.7. The zero-order chi connectivity index (χ0) is 26.0. The van der Waals surface area contributed by atoms with Gasteiger partial charge >= 0.3 is 0 Å². The van der Waals surface area contributed by atoms with Gasteiger partial charge < -0.3 is 0 Å². The van der Waals surface area contributed by atoms with Crippen molar-refractivity contribution in [3.8, 4) is 0 Å². The lowest BCUT2D eigenvalue weighted by Crippen LogP contribution is -2.30. The van der Waals surface area contributed by atoms with E-state index < -0.39 is 0 Å². The van der Waals surface area contributed by atoms with Crippen LogP contribution in [0.1, 0.15) is 145 Å². The normalized spacial score (nSPS) is 19.8. The van der Waals surface area contributed by atoms with E-state index in [0.717, 1.165) is 43.2 Å². The van der Waals surface area contributed by atoms with Crippen molar-refractivity contribution in [1.29, 1.82) is 0 Å². The number of ketones is 3. The summed E-state index contributed by atoms with van der Waals surface area (Å²) in [5.74, 6) is 1.44. The maximum atomic E-state index is 13.3. The monoisotopic (exact) mass is 482 g/mol. The highest BCUT2D eigenvalue weighted by Gasteiger charge is 2.34. The maximum absolute atomic E-state index is 13.3. The molecule has 3 unspecified atom stereocenters. The van der Waals surface area contributed by atoms with E-state index in [4.69, 9.17) is 0 Å². The number of Topliss-reactive ketones (excluding diaryl/α,β-unsaturated/α-hetero) is 3. The number of hydrogen-bond acceptors (Lipinski definition) is 3. The molecule has 3 rings (SSSR count). The third kappa shape index (κ3) is 8.12. The van der Waals surface area contributed by atoms with E-state index in [1.54, 1.807) is 0 Å². The summed E-state index contributed by atoms with van der Waals surface area (Å²) in [5, 5.41) is 0. The Kier molecular flexibility index (Phi) is 12.4. The molecular weight excluding hydrogens is 432 g/mol. The number of carbonyl (C=O) groups excluding carboxylic acids is 3. The average molecular weight is 483 g/mol. The highest BCUT2D eigenvalue weighted by molar-refractivity contribution is 6.00. The molecule has 0 saturated heterocycles. The van der Waals surface area contributed by atoms with Crippen molar-refractivity contribution in [2.45, 2.75) is 131 Å². The molecule has 0 aromatic heterocycles. The molecule has 0 heterocycles. The Balaban J connectivity index is 0.00000137. The molecule has 3 nitrogen and oxygen atoms in total. The fourth-order valence-corrected chi connectivity index (χ4v) is 6.56. The van der Waals surface area contributed by atoms with E-state index in [2.05, 4.69) is 46.8 Å². The molecule has 1 saturated carbocycles. The summed E-state index contributed by atoms with van der Waals surface area (Å²) in [6.07, 6.45) is 13.0. The van der Waals surface area contributed by atoms with Gasteiger partial charge in [-0.1, -0.05) is 78.4 Å². The molecule has 1 aromatic carbocycles. The van der Waals surface area contributed by atoms with E-state index in [1.807, 2.05) is 0 Å². The molecule has 1 aromatic rings. The minimum atomic E-state index is -0.0642. The number of aryl methyl sites for hydroxylation is 1. The molecule has 1 fully saturated rings. The fraction of sp³-hybridized carbons (Fsp3) is 0.719. The van der Waals surface area contributed by atoms with Gasteiger partial charge in [0.05, 0.1) is 6.42 Å². The smallest absolute Gasteiger partial charge is 0.163 e. The lowest BCUT2D eigenvalue weighted by atomic mass is 9.70. The molecule has 0 amide bonds. The topological polar surface area (TPSA) is 51.2 Å². The summed E-state index contributed by atoms with van der Waals surface area (Å²) in [6, 6.07) is 4.46. The van der Waals surface area contributed by atoms with Crippen LogP contribution in [0, 0.1) is 24.7 Å². The number of hydrogen-bond donors (Lipinski definition) is 0. The number of fused-ring (bicyclic) bond motifs is 1. The summed E-state index contributed by atoms with van der Waals surface area (Å²) < 4.78 is 0. The Morgan fingerprint density at radius 3 is 2.23 bits per heavy atom. The molecule has 2 aliphatic rings. The standard InChI is InChI=1S/C29H42O3.C3H8/c1-5-10-23(24(6-2)27(31)15-20(4)30)16-21-17-26-25(22-11-8-7-9-12-22)14-13-19(3)29(26)28(32)18-21;1-3-2/h13-14,21-24H,5-12,15-18H2,1-4H3;3H2,1-2H3. The average Bonchev–Trinajstić information content (AvgIpc) is 2.80. The number of carbonyl (C=O) groups is 3. The molecule has 0 aliphatic heterocycles. The van der Waals surface area contributed by atoms with Crippen LogP contribution in [0.4, 0.5) is 0 Å². The zero-order valence-electron chi connectivity index (χ0n) is 23.4. The second-order valence-corrected chi connectivity index (χ2v) is 11.2. The van der Waals surface area contributed by atoms with Gasteiger partial charge in [-0.15, -0.1) is 0 Å². The van der Waals surface area contributed by atoms with Crippen LogP contribution in [0.3, 0.4) is 0 Å². The maximum Gasteiger partial charge on any atom is 0.163 e. The third-order valence-electron chi connectivity index (χ3n) is 7.99. The third-order valence-corrected chi connectivity index (χ3v) is 7.99. The number of rotatable bonds is 10. The summed E-state index contributed by atoms with van der Waals surface area (Å²) in [6.45, 7) is 12.1. The van der Waals surface area contributed by atoms with Crippen molar-refractivity contribution in [2.75, 3.05) is 0 Å². The molecule has 0 spiro atoms. The van der Waals surface area contributed by atoms with Crippen LogP contribution in [-0.4, -0.2) is 17.3 Å². The molecule has 3 heteroatoms. The molecule has 2 aliphatic carbocycles. The first kappa shape index (κ1) is 29.5. The van der Waals surface area contributed by atoms with Crippen LogP contribution >= 0.6 is 0 Å². The molecule has 3 atom stereocenters. The first-order valence-corrected chi connectivity index (χ1v) is 14.4. The first-order valence-electron chi connectivity index (χ1n) is 14.4. The zero-order valence-corrected chi connectivity index (χ0v) is 23.4. The summed E-state index contributed by atoms with van der Waals surface area (Å²) >= 11 is 0. The molecular formula is C32H50O3. The van der Waals surface area contributed by atoms with Crippen molar-refractivity contribution >= 4 is 17.3 Å². The predicted octanol–water partition coefficient (Wildman–Crippen LogP) is 8.58. The molecule has 0 radical (unpaired) electrons. The molecule has 196 valence electrons. The van der Waals surface area contributed by atoms with E-state index in [1.165, 1.54) is 56.6 Å². The van der Waals surface area contributed by atoms with Crippen LogP contribution in [0.5, 0.6) is 0 Å². The Labute approximate surface area is 214 Å². The SMILES string of the molecule is CCC.CCCC(CC1CC(=O)c2c(C)ccc(C3CCCCC3)c2C1)C(CC)C(=O)CC(C)=O. The van der Waals surface area contributed by atoms with Crippen molar-refractivity contribution in [1.82, 2.24) is 0 Å². The molecule has 0 bridgehead atoms. The highest BCUT2D eigenvalue weighted by Crippen LogP contribution is 2.42. The Morgan fingerprint density at radius 2 is 1.66 bits per heavy atom. The van der Waals surface area contributed by atoms with E-state index in [-0.39, 0.29) is 29.8 Å². The van der Waals surface area contributed by atoms with Gasteiger partial charge in [0.15, 0.2) is 5.78 Å². The van der Waals surface area contributed by atoms with Gasteiger partial charge in [0.1, 0.15) is 11.6 Å². The largest absolute Gasteiger partial charge is 0.300 e. The van der Waals surface area contributed by atoms with Gasteiger partial charge in [0.2, 0.25) is 0 Å². The van der Waals surface area contributed by atoms with Crippen LogP contribution < -0.4 is 0 Å². The Hall–Kier alpha value is -1.77. The van der Waals surface area contributed by atoms with Gasteiger partial charge in [-0.3, -0.25) is 14.4 Å². The van der Waals surface area contributed by atoms with Crippen molar-refractivity contribution < 1.29 is 14.4 Å². The van der Waals surface area contributed by atoms with Gasteiger partial charge in [0, 0.05) is 17.9 Å². The highest BCUT2D eigenvalue weighted by atomic mass is 16.1. The summed E-state index contributed by atoms with van der Waals surface area (Å²) in [5.41, 5.74) is 4.86. The second kappa shape index (κ2) is 14.7. The van der Waals surface area contributed by atoms with Crippen molar-refractivity contribution in [3.63, 3.8) is 0 Å². The van der Waals surface area contributed by atoms with Gasteiger partial charge in [-0.05, 0) is 80.4 Å². The minimum absolute atomic E-state index is 0.0435.